The zero-order valence-electron chi connectivity index (χ0n) is 13.5. The number of allylic oxidation sites excluding steroid dienone is 2. The van der Waals surface area contributed by atoms with E-state index in [9.17, 15) is 0 Å². The maximum atomic E-state index is 5.70. The van der Waals surface area contributed by atoms with E-state index in [1.165, 1.54) is 0 Å². The van der Waals surface area contributed by atoms with Gasteiger partial charge in [0.2, 0.25) is 5.95 Å². The molecule has 2 unspecified atom stereocenters. The van der Waals surface area contributed by atoms with Crippen LogP contribution in [0.1, 0.15) is 13.8 Å². The average Bonchev–Trinajstić information content (AvgIpc) is 3.02. The van der Waals surface area contributed by atoms with Crippen LogP contribution in [-0.4, -0.2) is 35.4 Å². The van der Waals surface area contributed by atoms with Gasteiger partial charge in [-0.05, 0) is 43.2 Å². The van der Waals surface area contributed by atoms with Crippen LogP contribution in [-0.2, 0) is 9.47 Å². The van der Waals surface area contributed by atoms with E-state index < -0.39 is 5.54 Å². The predicted molar refractivity (Wildman–Crippen MR) is 91.0 cm³/mol. The van der Waals surface area contributed by atoms with E-state index in [0.717, 1.165) is 28.7 Å². The molecule has 0 aromatic carbocycles. The van der Waals surface area contributed by atoms with E-state index in [2.05, 4.69) is 35.9 Å². The van der Waals surface area contributed by atoms with Crippen molar-refractivity contribution in [2.75, 3.05) is 19.1 Å². The summed E-state index contributed by atoms with van der Waals surface area (Å²) >= 11 is 5.53. The molecule has 3 heterocycles. The second kappa shape index (κ2) is 4.72. The number of aromatic nitrogens is 2. The first-order valence-electron chi connectivity index (χ1n) is 7.47. The van der Waals surface area contributed by atoms with Crippen LogP contribution in [0.5, 0.6) is 0 Å². The van der Waals surface area contributed by atoms with Gasteiger partial charge in [0.1, 0.15) is 16.7 Å². The molecule has 5 nitrogen and oxygen atoms in total. The van der Waals surface area contributed by atoms with E-state index in [1.807, 2.05) is 16.7 Å². The molecule has 1 aliphatic carbocycles. The molecule has 1 spiro atoms. The van der Waals surface area contributed by atoms with Gasteiger partial charge in [-0.25, -0.2) is 4.98 Å². The molecule has 0 fully saturated rings. The first-order valence-corrected chi connectivity index (χ1v) is 7.88. The molecule has 0 saturated carbocycles. The molecule has 0 N–H and O–H groups in total. The summed E-state index contributed by atoms with van der Waals surface area (Å²) in [5.41, 5.74) is 2.94. The van der Waals surface area contributed by atoms with Gasteiger partial charge in [-0.15, -0.1) is 0 Å². The number of nitrogens with zero attached hydrogens (tertiary/aromatic N) is 3. The summed E-state index contributed by atoms with van der Waals surface area (Å²) < 4.78 is 13.3. The third-order valence-electron chi connectivity index (χ3n) is 4.77. The number of ether oxygens (including phenoxy) is 2. The van der Waals surface area contributed by atoms with Crippen LogP contribution in [0.2, 0.25) is 0 Å². The normalized spacial score (nSPS) is 28.2. The monoisotopic (exact) mass is 328 g/mol. The second-order valence-corrected chi connectivity index (χ2v) is 6.41. The van der Waals surface area contributed by atoms with Gasteiger partial charge in [0.05, 0.1) is 19.0 Å². The molecule has 4 rings (SSSR count). The molecule has 119 valence electrons. The van der Waals surface area contributed by atoms with E-state index in [0.29, 0.717) is 5.03 Å². The third-order valence-corrected chi connectivity index (χ3v) is 5.05. The molecule has 0 saturated heterocycles. The Morgan fingerprint density at radius 1 is 1.30 bits per heavy atom. The van der Waals surface area contributed by atoms with Crippen molar-refractivity contribution in [2.24, 2.45) is 0 Å². The SMILES string of the molecule is COC1=CC=CC23C=C(C)C(OC)C(C)=C2n2c([S])cnc2N13. The molecular formula is C17H18N3O2S. The van der Waals surface area contributed by atoms with Crippen molar-refractivity contribution in [3.05, 3.63) is 47.5 Å². The van der Waals surface area contributed by atoms with Crippen molar-refractivity contribution >= 4 is 24.3 Å². The Bertz CT molecular complexity index is 818. The lowest BCUT2D eigenvalue weighted by atomic mass is 9.80. The lowest BCUT2D eigenvalue weighted by Crippen LogP contribution is -2.47. The van der Waals surface area contributed by atoms with Gasteiger partial charge in [0.25, 0.3) is 0 Å². The smallest absolute Gasteiger partial charge is 0.219 e. The molecule has 2 atom stereocenters. The predicted octanol–water partition coefficient (Wildman–Crippen LogP) is 3.26. The summed E-state index contributed by atoms with van der Waals surface area (Å²) in [7, 11) is 3.41. The largest absolute Gasteiger partial charge is 0.482 e. The highest BCUT2D eigenvalue weighted by molar-refractivity contribution is 7.80. The highest BCUT2D eigenvalue weighted by Crippen LogP contribution is 2.53. The zero-order valence-corrected chi connectivity index (χ0v) is 14.3. The molecule has 1 aromatic rings. The van der Waals surface area contributed by atoms with Crippen LogP contribution in [0, 0.1) is 0 Å². The van der Waals surface area contributed by atoms with Crippen LogP contribution >= 0.6 is 12.6 Å². The van der Waals surface area contributed by atoms with Crippen LogP contribution < -0.4 is 4.90 Å². The maximum absolute atomic E-state index is 5.70. The van der Waals surface area contributed by atoms with Crippen molar-refractivity contribution in [2.45, 2.75) is 30.5 Å². The summed E-state index contributed by atoms with van der Waals surface area (Å²) in [6.45, 7) is 4.19. The van der Waals surface area contributed by atoms with Crippen molar-refractivity contribution in [1.29, 1.82) is 0 Å². The summed E-state index contributed by atoms with van der Waals surface area (Å²) in [4.78, 5) is 6.63. The van der Waals surface area contributed by atoms with Gasteiger partial charge in [-0.1, -0.05) is 18.7 Å². The number of rotatable bonds is 2. The van der Waals surface area contributed by atoms with Crippen molar-refractivity contribution < 1.29 is 9.47 Å². The second-order valence-electron chi connectivity index (χ2n) is 6.00. The minimum absolute atomic E-state index is 0.0504. The minimum Gasteiger partial charge on any atom is -0.482 e. The Labute approximate surface area is 141 Å². The average molecular weight is 328 g/mol. The topological polar surface area (TPSA) is 39.5 Å². The van der Waals surface area contributed by atoms with Gasteiger partial charge in [0.15, 0.2) is 5.88 Å². The zero-order chi connectivity index (χ0) is 16.4. The summed E-state index contributed by atoms with van der Waals surface area (Å²) in [6.07, 6.45) is 10.0. The highest BCUT2D eigenvalue weighted by Gasteiger charge is 2.53. The third kappa shape index (κ3) is 1.62. The standard InChI is InChI=1S/C17H18N3O2S/c1-10-8-17-7-5-6-12(21-3)20(17)16-18-9-13(23)19(16)15(17)11(2)14(10)22-4/h5-9,14H,1-4H3. The van der Waals surface area contributed by atoms with Crippen molar-refractivity contribution in [3.8, 4) is 0 Å². The quantitative estimate of drug-likeness (QED) is 0.781. The van der Waals surface area contributed by atoms with Crippen LogP contribution in [0.25, 0.3) is 5.70 Å². The van der Waals surface area contributed by atoms with E-state index in [-0.39, 0.29) is 6.10 Å². The summed E-state index contributed by atoms with van der Waals surface area (Å²) in [5.74, 6) is 1.53. The molecule has 3 aliphatic rings. The highest BCUT2D eigenvalue weighted by atomic mass is 32.1. The van der Waals surface area contributed by atoms with Crippen molar-refractivity contribution in [1.82, 2.24) is 9.55 Å². The molecular weight excluding hydrogens is 310 g/mol. The van der Waals surface area contributed by atoms with Gasteiger partial charge in [-0.2, -0.15) is 0 Å². The number of imidazole rings is 1. The van der Waals surface area contributed by atoms with Gasteiger partial charge in [-0.3, -0.25) is 9.47 Å². The number of fused-ring (bicyclic) bond motifs is 3. The molecule has 6 heteroatoms. The lowest BCUT2D eigenvalue weighted by Gasteiger charge is -2.41. The number of methoxy groups -OCH3 is 2. The van der Waals surface area contributed by atoms with E-state index in [4.69, 9.17) is 22.1 Å². The Balaban J connectivity index is 2.07. The fraction of sp³-hybridized carbons (Fsp3) is 0.353. The minimum atomic E-state index is -0.458. The van der Waals surface area contributed by atoms with Crippen LogP contribution in [0.15, 0.2) is 52.6 Å². The summed E-state index contributed by atoms with van der Waals surface area (Å²) in [5, 5.41) is 0.690. The van der Waals surface area contributed by atoms with Crippen molar-refractivity contribution in [3.63, 3.8) is 0 Å². The first-order chi connectivity index (χ1) is 11.0. The summed E-state index contributed by atoms with van der Waals surface area (Å²) in [6, 6.07) is 0. The Hall–Kier alpha value is -2.05. The van der Waals surface area contributed by atoms with Gasteiger partial charge >= 0.3 is 0 Å². The number of hydrogen-bond donors (Lipinski definition) is 0. The first kappa shape index (κ1) is 14.5. The molecule has 0 bridgehead atoms. The van der Waals surface area contributed by atoms with E-state index >= 15 is 0 Å². The maximum Gasteiger partial charge on any atom is 0.219 e. The van der Waals surface area contributed by atoms with Gasteiger partial charge in [0, 0.05) is 7.11 Å². The van der Waals surface area contributed by atoms with Crippen LogP contribution in [0.4, 0.5) is 5.95 Å². The Kier molecular flexibility index (Phi) is 2.98. The van der Waals surface area contributed by atoms with Crippen LogP contribution in [0.3, 0.4) is 0 Å². The number of anilines is 1. The Morgan fingerprint density at radius 2 is 2.09 bits per heavy atom. The lowest BCUT2D eigenvalue weighted by molar-refractivity contribution is 0.157. The van der Waals surface area contributed by atoms with Gasteiger partial charge < -0.3 is 9.47 Å². The fourth-order valence-electron chi connectivity index (χ4n) is 4.02. The molecule has 1 radical (unpaired) electrons. The molecule has 2 aliphatic heterocycles. The molecule has 1 aromatic heterocycles. The fourth-order valence-corrected chi connectivity index (χ4v) is 4.24. The number of hydrogen-bond acceptors (Lipinski definition) is 4. The molecule has 23 heavy (non-hydrogen) atoms. The Morgan fingerprint density at radius 3 is 2.78 bits per heavy atom. The molecule has 0 amide bonds. The van der Waals surface area contributed by atoms with E-state index in [1.54, 1.807) is 20.4 Å².